The molecule has 0 saturated heterocycles. The molecule has 1 aliphatic rings. The monoisotopic (exact) mass is 222 g/mol. The fourth-order valence-corrected chi connectivity index (χ4v) is 2.89. The first-order valence-electron chi connectivity index (χ1n) is 6.15. The smallest absolute Gasteiger partial charge is 0.123 e. The number of rotatable bonds is 3. The first kappa shape index (κ1) is 11.6. The summed E-state index contributed by atoms with van der Waals surface area (Å²) in [5.41, 5.74) is -0.0969. The maximum absolute atomic E-state index is 13.2. The Morgan fingerprint density at radius 3 is 2.62 bits per heavy atom. The Kier molecular flexibility index (Phi) is 3.29. The molecule has 0 amide bonds. The lowest BCUT2D eigenvalue weighted by atomic mass is 9.78. The van der Waals surface area contributed by atoms with Crippen molar-refractivity contribution in [1.29, 1.82) is 0 Å². The molecule has 1 aromatic rings. The zero-order valence-electron chi connectivity index (χ0n) is 9.75. The van der Waals surface area contributed by atoms with Crippen LogP contribution in [-0.4, -0.2) is 5.11 Å². The highest BCUT2D eigenvalue weighted by Gasteiger charge is 2.38. The molecule has 0 spiro atoms. The molecule has 1 N–H and O–H groups in total. The summed E-state index contributed by atoms with van der Waals surface area (Å²) < 4.78 is 13.2. The summed E-state index contributed by atoms with van der Waals surface area (Å²) in [5, 5.41) is 10.7. The van der Waals surface area contributed by atoms with Crippen molar-refractivity contribution >= 4 is 0 Å². The van der Waals surface area contributed by atoms with Gasteiger partial charge >= 0.3 is 0 Å². The molecular formula is C14H19FO. The molecular weight excluding hydrogens is 203 g/mol. The minimum Gasteiger partial charge on any atom is -0.385 e. The van der Waals surface area contributed by atoms with Gasteiger partial charge in [-0.3, -0.25) is 0 Å². The summed E-state index contributed by atoms with van der Waals surface area (Å²) in [6.45, 7) is 1.98. The van der Waals surface area contributed by atoms with E-state index in [-0.39, 0.29) is 5.82 Å². The van der Waals surface area contributed by atoms with E-state index in [4.69, 9.17) is 0 Å². The third kappa shape index (κ3) is 1.99. The molecule has 16 heavy (non-hydrogen) atoms. The van der Waals surface area contributed by atoms with E-state index in [9.17, 15) is 9.50 Å². The van der Waals surface area contributed by atoms with Gasteiger partial charge in [0.1, 0.15) is 5.82 Å². The highest BCUT2D eigenvalue weighted by Crippen LogP contribution is 2.42. The van der Waals surface area contributed by atoms with E-state index in [1.165, 1.54) is 25.0 Å². The number of hydrogen-bond acceptors (Lipinski definition) is 1. The van der Waals surface area contributed by atoms with E-state index in [0.717, 1.165) is 18.4 Å². The maximum atomic E-state index is 13.2. The molecule has 1 atom stereocenters. The van der Waals surface area contributed by atoms with E-state index in [1.807, 2.05) is 13.0 Å². The Bertz CT molecular complexity index is 358. The van der Waals surface area contributed by atoms with Crippen molar-refractivity contribution in [3.63, 3.8) is 0 Å². The van der Waals surface area contributed by atoms with Crippen LogP contribution in [0.25, 0.3) is 0 Å². The van der Waals surface area contributed by atoms with Crippen LogP contribution >= 0.6 is 0 Å². The molecule has 1 unspecified atom stereocenters. The highest BCUT2D eigenvalue weighted by molar-refractivity contribution is 5.24. The van der Waals surface area contributed by atoms with Crippen LogP contribution in [0.2, 0.25) is 0 Å². The molecule has 88 valence electrons. The van der Waals surface area contributed by atoms with Crippen LogP contribution in [0, 0.1) is 11.7 Å². The lowest BCUT2D eigenvalue weighted by Gasteiger charge is -2.33. The molecule has 1 nitrogen and oxygen atoms in total. The van der Waals surface area contributed by atoms with E-state index >= 15 is 0 Å². The summed E-state index contributed by atoms with van der Waals surface area (Å²) >= 11 is 0. The quantitative estimate of drug-likeness (QED) is 0.828. The van der Waals surface area contributed by atoms with Crippen LogP contribution in [0.5, 0.6) is 0 Å². The summed E-state index contributed by atoms with van der Waals surface area (Å²) in [4.78, 5) is 0. The van der Waals surface area contributed by atoms with E-state index in [0.29, 0.717) is 12.3 Å². The van der Waals surface area contributed by atoms with E-state index in [1.54, 1.807) is 6.07 Å². The second-order valence-corrected chi connectivity index (χ2v) is 4.77. The zero-order valence-corrected chi connectivity index (χ0v) is 9.75. The number of benzene rings is 1. The van der Waals surface area contributed by atoms with Gasteiger partial charge in [-0.05, 0) is 42.9 Å². The van der Waals surface area contributed by atoms with Crippen molar-refractivity contribution < 1.29 is 9.50 Å². The van der Waals surface area contributed by atoms with Crippen LogP contribution in [0.3, 0.4) is 0 Å². The minimum absolute atomic E-state index is 0.262. The molecule has 2 rings (SSSR count). The maximum Gasteiger partial charge on any atom is 0.123 e. The van der Waals surface area contributed by atoms with Crippen molar-refractivity contribution in [3.05, 3.63) is 35.6 Å². The third-order valence-corrected chi connectivity index (χ3v) is 3.89. The van der Waals surface area contributed by atoms with Gasteiger partial charge in [0.05, 0.1) is 5.60 Å². The van der Waals surface area contributed by atoms with Crippen molar-refractivity contribution in [2.75, 3.05) is 0 Å². The van der Waals surface area contributed by atoms with Gasteiger partial charge in [-0.1, -0.05) is 31.9 Å². The van der Waals surface area contributed by atoms with Gasteiger partial charge in [0, 0.05) is 0 Å². The Balaban J connectivity index is 2.32. The predicted molar refractivity (Wildman–Crippen MR) is 62.5 cm³/mol. The lowest BCUT2D eigenvalue weighted by molar-refractivity contribution is -0.0258. The molecule has 2 heteroatoms. The van der Waals surface area contributed by atoms with Crippen molar-refractivity contribution in [2.24, 2.45) is 5.92 Å². The molecule has 0 bridgehead atoms. The van der Waals surface area contributed by atoms with Crippen LogP contribution < -0.4 is 0 Å². The summed E-state index contributed by atoms with van der Waals surface area (Å²) in [6, 6.07) is 6.42. The number of halogens is 1. The summed E-state index contributed by atoms with van der Waals surface area (Å²) in [5.74, 6) is 0.0293. The highest BCUT2D eigenvalue weighted by atomic mass is 19.1. The topological polar surface area (TPSA) is 20.2 Å². The van der Waals surface area contributed by atoms with Crippen molar-refractivity contribution in [2.45, 2.75) is 44.6 Å². The first-order valence-corrected chi connectivity index (χ1v) is 6.15. The predicted octanol–water partition coefficient (Wildman–Crippen LogP) is 3.61. The molecule has 1 aliphatic carbocycles. The Labute approximate surface area is 96.3 Å². The van der Waals surface area contributed by atoms with Crippen molar-refractivity contribution in [3.8, 4) is 0 Å². The van der Waals surface area contributed by atoms with Crippen LogP contribution in [0.15, 0.2) is 24.3 Å². The standard InChI is InChI=1S/C14H19FO/c1-2-14(16,11-6-3-4-7-11)12-8-5-9-13(15)10-12/h5,8-11,16H,2-4,6-7H2,1H3. The van der Waals surface area contributed by atoms with Crippen LogP contribution in [0.1, 0.15) is 44.6 Å². The Hall–Kier alpha value is -0.890. The minimum atomic E-state index is -0.835. The van der Waals surface area contributed by atoms with Gasteiger partial charge in [0.15, 0.2) is 0 Å². The third-order valence-electron chi connectivity index (χ3n) is 3.89. The van der Waals surface area contributed by atoms with E-state index < -0.39 is 5.60 Å². The normalized spacial score (nSPS) is 20.9. The molecule has 1 aromatic carbocycles. The number of hydrogen-bond donors (Lipinski definition) is 1. The second-order valence-electron chi connectivity index (χ2n) is 4.77. The molecule has 0 aliphatic heterocycles. The van der Waals surface area contributed by atoms with Gasteiger partial charge in [0.25, 0.3) is 0 Å². The average molecular weight is 222 g/mol. The largest absolute Gasteiger partial charge is 0.385 e. The molecule has 0 radical (unpaired) electrons. The lowest BCUT2D eigenvalue weighted by Crippen LogP contribution is -2.33. The van der Waals surface area contributed by atoms with Gasteiger partial charge in [0.2, 0.25) is 0 Å². The number of aliphatic hydroxyl groups is 1. The van der Waals surface area contributed by atoms with Gasteiger partial charge in [-0.25, -0.2) is 4.39 Å². The van der Waals surface area contributed by atoms with Crippen molar-refractivity contribution in [1.82, 2.24) is 0 Å². The van der Waals surface area contributed by atoms with Crippen LogP contribution in [0.4, 0.5) is 4.39 Å². The zero-order chi connectivity index (χ0) is 11.6. The summed E-state index contributed by atoms with van der Waals surface area (Å²) in [6.07, 6.45) is 5.13. The van der Waals surface area contributed by atoms with Gasteiger partial charge < -0.3 is 5.11 Å². The fourth-order valence-electron chi connectivity index (χ4n) is 2.89. The van der Waals surface area contributed by atoms with Gasteiger partial charge in [-0.15, -0.1) is 0 Å². The summed E-state index contributed by atoms with van der Waals surface area (Å²) in [7, 11) is 0. The average Bonchev–Trinajstić information content (AvgIpc) is 2.82. The fraction of sp³-hybridized carbons (Fsp3) is 0.571. The van der Waals surface area contributed by atoms with Gasteiger partial charge in [-0.2, -0.15) is 0 Å². The molecule has 0 aromatic heterocycles. The van der Waals surface area contributed by atoms with E-state index in [2.05, 4.69) is 0 Å². The molecule has 1 fully saturated rings. The molecule has 1 saturated carbocycles. The Morgan fingerprint density at radius 2 is 2.06 bits per heavy atom. The first-order chi connectivity index (χ1) is 7.66. The SMILES string of the molecule is CCC(O)(c1cccc(F)c1)C1CCCC1. The Morgan fingerprint density at radius 1 is 1.38 bits per heavy atom. The molecule has 0 heterocycles. The second kappa shape index (κ2) is 4.54. The van der Waals surface area contributed by atoms with Crippen LogP contribution in [-0.2, 0) is 5.60 Å².